The summed E-state index contributed by atoms with van der Waals surface area (Å²) in [4.78, 5) is 8.23. The molecule has 0 saturated carbocycles. The number of sulfonamides is 1. The Morgan fingerprint density at radius 3 is 2.50 bits per heavy atom. The molecule has 2 aromatic heterocycles. The van der Waals surface area contributed by atoms with Crippen LogP contribution in [-0.4, -0.2) is 28.2 Å². The lowest BCUT2D eigenvalue weighted by Gasteiger charge is -2.07. The molecule has 0 spiro atoms. The van der Waals surface area contributed by atoms with E-state index in [0.717, 1.165) is 5.69 Å². The Morgan fingerprint density at radius 1 is 1.25 bits per heavy atom. The van der Waals surface area contributed by atoms with Gasteiger partial charge in [0.15, 0.2) is 0 Å². The highest BCUT2D eigenvalue weighted by atomic mass is 32.2. The topological polar surface area (TPSA) is 89.8 Å². The minimum atomic E-state index is -3.61. The van der Waals surface area contributed by atoms with E-state index < -0.39 is 10.0 Å². The average Bonchev–Trinajstić information content (AvgIpc) is 2.61. The zero-order chi connectivity index (χ0) is 14.9. The van der Waals surface area contributed by atoms with Crippen molar-refractivity contribution in [3.05, 3.63) is 35.2 Å². The summed E-state index contributed by atoms with van der Waals surface area (Å²) in [7, 11) is -1.89. The van der Waals surface area contributed by atoms with E-state index in [1.54, 1.807) is 31.6 Å². The molecule has 0 aromatic carbocycles. The molecule has 20 heavy (non-hydrogen) atoms. The van der Waals surface area contributed by atoms with Gasteiger partial charge >= 0.3 is 0 Å². The van der Waals surface area contributed by atoms with Gasteiger partial charge in [-0.1, -0.05) is 0 Å². The number of hydrogen-bond acceptors (Lipinski definition) is 5. The number of nitrogens with one attached hydrogen (secondary N) is 1. The van der Waals surface area contributed by atoms with E-state index in [2.05, 4.69) is 19.8 Å². The zero-order valence-corrected chi connectivity index (χ0v) is 12.7. The third-order valence-electron chi connectivity index (χ3n) is 3.02. The van der Waals surface area contributed by atoms with Gasteiger partial charge in [0.1, 0.15) is 11.2 Å². The third-order valence-corrected chi connectivity index (χ3v) is 4.67. The number of rotatable bonds is 4. The largest absolute Gasteiger partial charge is 0.271 e. The van der Waals surface area contributed by atoms with Crippen molar-refractivity contribution in [2.75, 3.05) is 0 Å². The molecule has 2 heterocycles. The predicted molar refractivity (Wildman–Crippen MR) is 73.5 cm³/mol. The van der Waals surface area contributed by atoms with Gasteiger partial charge in [0.25, 0.3) is 0 Å². The summed E-state index contributed by atoms with van der Waals surface area (Å²) in [5.41, 5.74) is 2.51. The van der Waals surface area contributed by atoms with Crippen LogP contribution in [0.4, 0.5) is 0 Å². The van der Waals surface area contributed by atoms with Crippen molar-refractivity contribution < 1.29 is 8.42 Å². The second kappa shape index (κ2) is 5.29. The van der Waals surface area contributed by atoms with Gasteiger partial charge in [-0.25, -0.2) is 23.1 Å². The Balaban J connectivity index is 2.24. The molecule has 2 aromatic rings. The minimum absolute atomic E-state index is 0.124. The normalized spacial score (nSPS) is 11.8. The fraction of sp³-hybridized carbons (Fsp3) is 0.417. The first kappa shape index (κ1) is 14.6. The quantitative estimate of drug-likeness (QED) is 0.892. The lowest BCUT2D eigenvalue weighted by Crippen LogP contribution is -2.25. The number of aromatic nitrogens is 4. The van der Waals surface area contributed by atoms with Crippen LogP contribution in [0.3, 0.4) is 0 Å². The van der Waals surface area contributed by atoms with Gasteiger partial charge in [-0.2, -0.15) is 5.10 Å². The molecule has 0 atom stereocenters. The van der Waals surface area contributed by atoms with Gasteiger partial charge < -0.3 is 0 Å². The molecule has 0 bridgehead atoms. The summed E-state index contributed by atoms with van der Waals surface area (Å²) in [6.07, 6.45) is 1.42. The van der Waals surface area contributed by atoms with Crippen LogP contribution < -0.4 is 4.72 Å². The van der Waals surface area contributed by atoms with E-state index in [4.69, 9.17) is 0 Å². The molecule has 0 aliphatic rings. The number of nitrogens with zero attached hydrogens (tertiary/aromatic N) is 4. The van der Waals surface area contributed by atoms with Crippen molar-refractivity contribution in [1.29, 1.82) is 0 Å². The monoisotopic (exact) mass is 295 g/mol. The van der Waals surface area contributed by atoms with E-state index in [9.17, 15) is 8.42 Å². The van der Waals surface area contributed by atoms with Crippen LogP contribution in [0.2, 0.25) is 0 Å². The molecule has 8 heteroatoms. The fourth-order valence-electron chi connectivity index (χ4n) is 1.99. The van der Waals surface area contributed by atoms with Crippen molar-refractivity contribution in [1.82, 2.24) is 24.5 Å². The molecule has 108 valence electrons. The van der Waals surface area contributed by atoms with E-state index in [1.165, 1.54) is 6.33 Å². The van der Waals surface area contributed by atoms with E-state index in [0.29, 0.717) is 17.1 Å². The van der Waals surface area contributed by atoms with Gasteiger partial charge in [0.05, 0.1) is 23.6 Å². The maximum absolute atomic E-state index is 12.3. The van der Waals surface area contributed by atoms with Crippen LogP contribution in [0.1, 0.15) is 22.8 Å². The Labute approximate surface area is 118 Å². The van der Waals surface area contributed by atoms with Crippen molar-refractivity contribution >= 4 is 10.0 Å². The Morgan fingerprint density at radius 2 is 1.95 bits per heavy atom. The van der Waals surface area contributed by atoms with Crippen molar-refractivity contribution in [2.45, 2.75) is 32.2 Å². The Bertz CT molecular complexity index is 736. The van der Waals surface area contributed by atoms with Crippen LogP contribution in [0.25, 0.3) is 0 Å². The van der Waals surface area contributed by atoms with Gasteiger partial charge in [0, 0.05) is 12.7 Å². The second-order valence-electron chi connectivity index (χ2n) is 4.60. The van der Waals surface area contributed by atoms with Crippen molar-refractivity contribution in [2.24, 2.45) is 7.05 Å². The van der Waals surface area contributed by atoms with Crippen molar-refractivity contribution in [3.63, 3.8) is 0 Å². The molecule has 0 amide bonds. The number of aryl methyl sites for hydroxylation is 3. The van der Waals surface area contributed by atoms with Gasteiger partial charge in [-0.3, -0.25) is 4.68 Å². The first-order valence-electron chi connectivity index (χ1n) is 6.08. The first-order valence-corrected chi connectivity index (χ1v) is 7.57. The maximum Gasteiger partial charge on any atom is 0.244 e. The van der Waals surface area contributed by atoms with Gasteiger partial charge in [0.2, 0.25) is 10.0 Å². The van der Waals surface area contributed by atoms with Crippen molar-refractivity contribution in [3.8, 4) is 0 Å². The summed E-state index contributed by atoms with van der Waals surface area (Å²) < 4.78 is 28.8. The molecule has 0 unspecified atom stereocenters. The maximum atomic E-state index is 12.3. The van der Waals surface area contributed by atoms with Gasteiger partial charge in [-0.15, -0.1) is 0 Å². The van der Waals surface area contributed by atoms with Crippen LogP contribution in [0.5, 0.6) is 0 Å². The molecule has 0 saturated heterocycles. The molecular formula is C12H17N5O2S. The fourth-order valence-corrected chi connectivity index (χ4v) is 3.42. The van der Waals surface area contributed by atoms with E-state index >= 15 is 0 Å². The zero-order valence-electron chi connectivity index (χ0n) is 11.9. The Kier molecular flexibility index (Phi) is 3.87. The molecule has 1 N–H and O–H groups in total. The molecule has 2 rings (SSSR count). The Hall–Kier alpha value is -1.80. The molecule has 0 aliphatic heterocycles. The summed E-state index contributed by atoms with van der Waals surface area (Å²) in [5.74, 6) is 0. The van der Waals surface area contributed by atoms with E-state index in [-0.39, 0.29) is 11.4 Å². The van der Waals surface area contributed by atoms with Crippen LogP contribution in [0.15, 0.2) is 17.3 Å². The molecule has 0 fully saturated rings. The lowest BCUT2D eigenvalue weighted by molar-refractivity contribution is 0.578. The average molecular weight is 295 g/mol. The third kappa shape index (κ3) is 2.86. The molecule has 7 nitrogen and oxygen atoms in total. The smallest absolute Gasteiger partial charge is 0.244 e. The molecular weight excluding hydrogens is 278 g/mol. The van der Waals surface area contributed by atoms with E-state index in [1.807, 2.05) is 6.92 Å². The highest BCUT2D eigenvalue weighted by molar-refractivity contribution is 7.89. The highest BCUT2D eigenvalue weighted by Gasteiger charge is 2.23. The number of hydrogen-bond donors (Lipinski definition) is 1. The lowest BCUT2D eigenvalue weighted by atomic mass is 10.3. The summed E-state index contributed by atoms with van der Waals surface area (Å²) in [5, 5.41) is 4.12. The van der Waals surface area contributed by atoms with Crippen LogP contribution in [-0.2, 0) is 23.6 Å². The van der Waals surface area contributed by atoms with Crippen LogP contribution >= 0.6 is 0 Å². The second-order valence-corrected chi connectivity index (χ2v) is 6.30. The minimum Gasteiger partial charge on any atom is -0.271 e. The SMILES string of the molecule is Cc1cc(CNS(=O)(=O)c2c(C)nn(C)c2C)ncn1. The van der Waals surface area contributed by atoms with Gasteiger partial charge in [-0.05, 0) is 26.8 Å². The molecule has 0 aliphatic carbocycles. The first-order chi connectivity index (χ1) is 9.31. The van der Waals surface area contributed by atoms with Crippen LogP contribution in [0, 0.1) is 20.8 Å². The summed E-state index contributed by atoms with van der Waals surface area (Å²) in [6.45, 7) is 5.36. The standard InChI is InChI=1S/C12H17N5O2S/c1-8-5-11(14-7-13-8)6-15-20(18,19)12-9(2)16-17(4)10(12)3/h5,7,15H,6H2,1-4H3. The molecule has 0 radical (unpaired) electrons. The highest BCUT2D eigenvalue weighted by Crippen LogP contribution is 2.18. The predicted octanol–water partition coefficient (Wildman–Crippen LogP) is 0.614. The summed E-state index contributed by atoms with van der Waals surface area (Å²) >= 11 is 0. The summed E-state index contributed by atoms with van der Waals surface area (Å²) in [6, 6.07) is 1.74.